The minimum Gasteiger partial charge on any atom is -0.339 e. The Morgan fingerprint density at radius 2 is 1.85 bits per heavy atom. The highest BCUT2D eigenvalue weighted by Crippen LogP contribution is 2.28. The van der Waals surface area contributed by atoms with Crippen LogP contribution in [0.4, 0.5) is 0 Å². The third-order valence-corrected chi connectivity index (χ3v) is 4.68. The molecule has 0 bridgehead atoms. The summed E-state index contributed by atoms with van der Waals surface area (Å²) in [5.74, 6) is 3.42. The zero-order valence-corrected chi connectivity index (χ0v) is 15.0. The van der Waals surface area contributed by atoms with E-state index in [0.717, 1.165) is 43.2 Å². The van der Waals surface area contributed by atoms with Crippen LogP contribution in [0.5, 0.6) is 0 Å². The molecule has 8 heteroatoms. The molecule has 4 rings (SSSR count). The van der Waals surface area contributed by atoms with Gasteiger partial charge in [-0.05, 0) is 38.1 Å². The summed E-state index contributed by atoms with van der Waals surface area (Å²) < 4.78 is 10.8. The van der Waals surface area contributed by atoms with Gasteiger partial charge in [-0.2, -0.15) is 9.97 Å². The Balaban J connectivity index is 1.33. The average molecular weight is 354 g/mol. The van der Waals surface area contributed by atoms with Crippen LogP contribution in [0.1, 0.15) is 56.1 Å². The fraction of sp³-hybridized carbons (Fsp3) is 0.500. The van der Waals surface area contributed by atoms with Crippen LogP contribution >= 0.6 is 0 Å². The molecule has 26 heavy (non-hydrogen) atoms. The van der Waals surface area contributed by atoms with Crippen LogP contribution in [0.2, 0.25) is 0 Å². The molecule has 0 N–H and O–H groups in total. The lowest BCUT2D eigenvalue weighted by Crippen LogP contribution is -2.32. The van der Waals surface area contributed by atoms with Gasteiger partial charge < -0.3 is 9.05 Å². The molecule has 0 saturated carbocycles. The van der Waals surface area contributed by atoms with Crippen molar-refractivity contribution in [3.63, 3.8) is 0 Å². The fourth-order valence-electron chi connectivity index (χ4n) is 3.11. The third-order valence-electron chi connectivity index (χ3n) is 4.68. The van der Waals surface area contributed by atoms with E-state index >= 15 is 0 Å². The van der Waals surface area contributed by atoms with Crippen LogP contribution < -0.4 is 0 Å². The van der Waals surface area contributed by atoms with Crippen LogP contribution in [-0.2, 0) is 6.54 Å². The Morgan fingerprint density at radius 3 is 2.54 bits per heavy atom. The number of pyridine rings is 1. The first kappa shape index (κ1) is 16.8. The van der Waals surface area contributed by atoms with Gasteiger partial charge in [0.15, 0.2) is 5.82 Å². The maximum Gasteiger partial charge on any atom is 0.241 e. The highest BCUT2D eigenvalue weighted by molar-refractivity contribution is 5.52. The molecule has 0 atom stereocenters. The first-order chi connectivity index (χ1) is 12.7. The fourth-order valence-corrected chi connectivity index (χ4v) is 3.11. The largest absolute Gasteiger partial charge is 0.339 e. The van der Waals surface area contributed by atoms with Gasteiger partial charge in [0, 0.05) is 29.8 Å². The molecule has 1 fully saturated rings. The van der Waals surface area contributed by atoms with Crippen molar-refractivity contribution in [2.45, 2.75) is 45.1 Å². The van der Waals surface area contributed by atoms with Crippen molar-refractivity contribution in [3.8, 4) is 11.4 Å². The Morgan fingerprint density at radius 1 is 1.08 bits per heavy atom. The summed E-state index contributed by atoms with van der Waals surface area (Å²) in [6, 6.07) is 3.74. The minimum absolute atomic E-state index is 0.291. The van der Waals surface area contributed by atoms with Gasteiger partial charge in [-0.25, -0.2) is 0 Å². The molecule has 3 aromatic rings. The zero-order valence-electron chi connectivity index (χ0n) is 15.0. The summed E-state index contributed by atoms with van der Waals surface area (Å²) in [6.07, 6.45) is 5.42. The standard InChI is InChI=1S/C18H22N6O2/c1-12(2)16-21-18(26-22-16)14-5-9-24(10-6-14)11-15-20-17(23-25-15)13-3-7-19-8-4-13/h3-4,7-8,12,14H,5-6,9-11H2,1-2H3. The smallest absolute Gasteiger partial charge is 0.241 e. The number of rotatable bonds is 5. The summed E-state index contributed by atoms with van der Waals surface area (Å²) in [6.45, 7) is 6.68. The van der Waals surface area contributed by atoms with E-state index in [1.807, 2.05) is 12.1 Å². The van der Waals surface area contributed by atoms with Gasteiger partial charge in [0.05, 0.1) is 6.54 Å². The summed E-state index contributed by atoms with van der Waals surface area (Å²) in [7, 11) is 0. The molecule has 1 saturated heterocycles. The topological polar surface area (TPSA) is 94.0 Å². The maximum absolute atomic E-state index is 5.45. The maximum atomic E-state index is 5.45. The average Bonchev–Trinajstić information content (AvgIpc) is 3.33. The van der Waals surface area contributed by atoms with E-state index < -0.39 is 0 Å². The van der Waals surface area contributed by atoms with Gasteiger partial charge in [-0.15, -0.1) is 0 Å². The number of hydrogen-bond donors (Lipinski definition) is 0. The summed E-state index contributed by atoms with van der Waals surface area (Å²) in [5.41, 5.74) is 0.908. The van der Waals surface area contributed by atoms with E-state index in [-0.39, 0.29) is 0 Å². The number of aromatic nitrogens is 5. The quantitative estimate of drug-likeness (QED) is 0.690. The minimum atomic E-state index is 0.291. The molecule has 4 heterocycles. The number of piperidine rings is 1. The molecular weight excluding hydrogens is 332 g/mol. The van der Waals surface area contributed by atoms with E-state index in [1.165, 1.54) is 0 Å². The molecule has 0 radical (unpaired) electrons. The molecule has 0 aliphatic carbocycles. The molecule has 0 spiro atoms. The zero-order chi connectivity index (χ0) is 17.9. The van der Waals surface area contributed by atoms with Crippen molar-refractivity contribution in [1.82, 2.24) is 30.2 Å². The molecule has 0 amide bonds. The lowest BCUT2D eigenvalue weighted by atomic mass is 9.97. The van der Waals surface area contributed by atoms with Gasteiger partial charge in [-0.3, -0.25) is 9.88 Å². The summed E-state index contributed by atoms with van der Waals surface area (Å²) in [5, 5.41) is 8.13. The predicted molar refractivity (Wildman–Crippen MR) is 93.2 cm³/mol. The van der Waals surface area contributed by atoms with Crippen molar-refractivity contribution in [2.24, 2.45) is 0 Å². The molecule has 3 aromatic heterocycles. The van der Waals surface area contributed by atoms with E-state index in [1.54, 1.807) is 12.4 Å². The number of nitrogens with zero attached hydrogens (tertiary/aromatic N) is 6. The number of hydrogen-bond acceptors (Lipinski definition) is 8. The molecule has 1 aliphatic heterocycles. The van der Waals surface area contributed by atoms with Crippen molar-refractivity contribution in [1.29, 1.82) is 0 Å². The van der Waals surface area contributed by atoms with Gasteiger partial charge in [0.1, 0.15) is 0 Å². The summed E-state index contributed by atoms with van der Waals surface area (Å²) in [4.78, 5) is 15.3. The van der Waals surface area contributed by atoms with Crippen LogP contribution in [-0.4, -0.2) is 43.3 Å². The van der Waals surface area contributed by atoms with Crippen molar-refractivity contribution < 1.29 is 9.05 Å². The highest BCUT2D eigenvalue weighted by atomic mass is 16.5. The van der Waals surface area contributed by atoms with E-state index in [9.17, 15) is 0 Å². The van der Waals surface area contributed by atoms with Crippen molar-refractivity contribution in [2.75, 3.05) is 13.1 Å². The van der Waals surface area contributed by atoms with Gasteiger partial charge in [-0.1, -0.05) is 24.2 Å². The second kappa shape index (κ2) is 7.33. The Labute approximate surface area is 151 Å². The van der Waals surface area contributed by atoms with Gasteiger partial charge in [0.2, 0.25) is 17.6 Å². The first-order valence-electron chi connectivity index (χ1n) is 8.98. The van der Waals surface area contributed by atoms with Crippen LogP contribution in [0.25, 0.3) is 11.4 Å². The Bertz CT molecular complexity index is 836. The van der Waals surface area contributed by atoms with E-state index in [0.29, 0.717) is 30.1 Å². The third kappa shape index (κ3) is 3.65. The SMILES string of the molecule is CC(C)c1noc(C2CCN(Cc3nc(-c4ccncc4)no3)CC2)n1. The molecule has 0 unspecified atom stereocenters. The lowest BCUT2D eigenvalue weighted by Gasteiger charge is -2.28. The normalized spacial score (nSPS) is 16.4. The van der Waals surface area contributed by atoms with Crippen LogP contribution in [0, 0.1) is 0 Å². The molecule has 1 aliphatic rings. The van der Waals surface area contributed by atoms with Crippen LogP contribution in [0.3, 0.4) is 0 Å². The Hall–Kier alpha value is -2.61. The molecular formula is C18H22N6O2. The predicted octanol–water partition coefficient (Wildman–Crippen LogP) is 3.02. The lowest BCUT2D eigenvalue weighted by molar-refractivity contribution is 0.168. The Kier molecular flexibility index (Phi) is 4.75. The second-order valence-electron chi connectivity index (χ2n) is 6.94. The van der Waals surface area contributed by atoms with Crippen LogP contribution in [0.15, 0.2) is 33.6 Å². The van der Waals surface area contributed by atoms with E-state index in [2.05, 4.69) is 44.0 Å². The van der Waals surface area contributed by atoms with Crippen molar-refractivity contribution in [3.05, 3.63) is 42.1 Å². The monoisotopic (exact) mass is 354 g/mol. The summed E-state index contributed by atoms with van der Waals surface area (Å²) >= 11 is 0. The molecule has 0 aromatic carbocycles. The second-order valence-corrected chi connectivity index (χ2v) is 6.94. The van der Waals surface area contributed by atoms with E-state index in [4.69, 9.17) is 9.05 Å². The van der Waals surface area contributed by atoms with Gasteiger partial charge >= 0.3 is 0 Å². The first-order valence-corrected chi connectivity index (χ1v) is 8.98. The molecule has 8 nitrogen and oxygen atoms in total. The number of likely N-dealkylation sites (tertiary alicyclic amines) is 1. The van der Waals surface area contributed by atoms with Crippen molar-refractivity contribution >= 4 is 0 Å². The van der Waals surface area contributed by atoms with Gasteiger partial charge in [0.25, 0.3) is 0 Å². The highest BCUT2D eigenvalue weighted by Gasteiger charge is 2.26. The molecule has 136 valence electrons.